The van der Waals surface area contributed by atoms with Crippen molar-refractivity contribution in [2.24, 2.45) is 4.99 Å². The van der Waals surface area contributed by atoms with Gasteiger partial charge in [-0.15, -0.1) is 0 Å². The topological polar surface area (TPSA) is 40.0 Å². The summed E-state index contributed by atoms with van der Waals surface area (Å²) in [5.41, 5.74) is 2.69. The van der Waals surface area contributed by atoms with Crippen molar-refractivity contribution in [3.8, 4) is 17.2 Å². The molecule has 3 rings (SSSR count). The van der Waals surface area contributed by atoms with Gasteiger partial charge in [-0.2, -0.15) is 0 Å². The zero-order chi connectivity index (χ0) is 19.8. The molecule has 0 saturated carbocycles. The quantitative estimate of drug-likeness (QED) is 0.298. The SMILES string of the molecule is COc1ccc(OC=C(C)C(=Nc2ccccc2)Oc2cccc(C)c2)cc1. The molecule has 28 heavy (non-hydrogen) atoms. The molecule has 0 bridgehead atoms. The number of ether oxygens (including phenoxy) is 3. The first-order chi connectivity index (χ1) is 13.6. The van der Waals surface area contributed by atoms with Crippen LogP contribution in [-0.2, 0) is 0 Å². The van der Waals surface area contributed by atoms with E-state index in [1.54, 1.807) is 13.4 Å². The molecule has 0 fully saturated rings. The van der Waals surface area contributed by atoms with Crippen molar-refractivity contribution in [1.29, 1.82) is 0 Å². The van der Waals surface area contributed by atoms with Crippen LogP contribution in [0.3, 0.4) is 0 Å². The number of methoxy groups -OCH3 is 1. The van der Waals surface area contributed by atoms with Crippen molar-refractivity contribution < 1.29 is 14.2 Å². The normalized spacial score (nSPS) is 11.8. The van der Waals surface area contributed by atoms with Gasteiger partial charge in [0.15, 0.2) is 0 Å². The van der Waals surface area contributed by atoms with Gasteiger partial charge in [0.2, 0.25) is 5.90 Å². The largest absolute Gasteiger partial charge is 0.497 e. The molecule has 0 radical (unpaired) electrons. The van der Waals surface area contributed by atoms with Gasteiger partial charge in [-0.05, 0) is 67.9 Å². The molecule has 0 aliphatic carbocycles. The molecular weight excluding hydrogens is 350 g/mol. The molecule has 0 atom stereocenters. The molecule has 142 valence electrons. The van der Waals surface area contributed by atoms with Gasteiger partial charge in [-0.25, -0.2) is 4.99 Å². The Hall–Kier alpha value is -3.53. The molecule has 3 aromatic rings. The minimum absolute atomic E-state index is 0.477. The fourth-order valence-electron chi connectivity index (χ4n) is 2.46. The van der Waals surface area contributed by atoms with E-state index in [1.165, 1.54) is 0 Å². The first-order valence-corrected chi connectivity index (χ1v) is 9.00. The fourth-order valence-corrected chi connectivity index (χ4v) is 2.46. The van der Waals surface area contributed by atoms with Crippen LogP contribution in [0.2, 0.25) is 0 Å². The number of aliphatic imine (C=N–C) groups is 1. The van der Waals surface area contributed by atoms with E-state index < -0.39 is 0 Å². The van der Waals surface area contributed by atoms with E-state index in [0.29, 0.717) is 11.6 Å². The Labute approximate surface area is 165 Å². The summed E-state index contributed by atoms with van der Waals surface area (Å²) in [5.74, 6) is 2.69. The summed E-state index contributed by atoms with van der Waals surface area (Å²) in [7, 11) is 1.63. The van der Waals surface area contributed by atoms with Crippen LogP contribution in [0.5, 0.6) is 17.2 Å². The van der Waals surface area contributed by atoms with Crippen molar-refractivity contribution in [1.82, 2.24) is 0 Å². The number of rotatable bonds is 6. The molecule has 4 nitrogen and oxygen atoms in total. The molecule has 0 aliphatic rings. The highest BCUT2D eigenvalue weighted by Gasteiger charge is 2.08. The van der Waals surface area contributed by atoms with Crippen LogP contribution in [0.25, 0.3) is 0 Å². The smallest absolute Gasteiger partial charge is 0.225 e. The van der Waals surface area contributed by atoms with E-state index in [9.17, 15) is 0 Å². The molecule has 0 heterocycles. The van der Waals surface area contributed by atoms with Crippen molar-refractivity contribution in [3.63, 3.8) is 0 Å². The summed E-state index contributed by atoms with van der Waals surface area (Å²) in [4.78, 5) is 4.65. The van der Waals surface area contributed by atoms with Gasteiger partial charge in [-0.3, -0.25) is 0 Å². The summed E-state index contributed by atoms with van der Waals surface area (Å²) in [6.07, 6.45) is 1.64. The first-order valence-electron chi connectivity index (χ1n) is 9.00. The molecular formula is C24H23NO3. The molecule has 0 aliphatic heterocycles. The van der Waals surface area contributed by atoms with Gasteiger partial charge in [0.05, 0.1) is 19.1 Å². The molecule has 0 spiro atoms. The summed E-state index contributed by atoms with van der Waals surface area (Å²) < 4.78 is 17.0. The number of hydrogen-bond acceptors (Lipinski definition) is 4. The van der Waals surface area contributed by atoms with Gasteiger partial charge in [0.25, 0.3) is 0 Å². The Morgan fingerprint density at radius 3 is 2.21 bits per heavy atom. The summed E-state index contributed by atoms with van der Waals surface area (Å²) in [6, 6.07) is 24.9. The van der Waals surface area contributed by atoms with E-state index in [2.05, 4.69) is 4.99 Å². The van der Waals surface area contributed by atoms with Crippen LogP contribution < -0.4 is 14.2 Å². The van der Waals surface area contributed by atoms with Crippen molar-refractivity contribution in [2.45, 2.75) is 13.8 Å². The second-order valence-corrected chi connectivity index (χ2v) is 6.27. The van der Waals surface area contributed by atoms with E-state index in [0.717, 1.165) is 28.3 Å². The lowest BCUT2D eigenvalue weighted by atomic mass is 10.2. The van der Waals surface area contributed by atoms with Crippen LogP contribution in [0.4, 0.5) is 5.69 Å². The summed E-state index contributed by atoms with van der Waals surface area (Å²) in [5, 5.41) is 0. The zero-order valence-corrected chi connectivity index (χ0v) is 16.3. The molecule has 4 heteroatoms. The highest BCUT2D eigenvalue weighted by Crippen LogP contribution is 2.20. The Bertz CT molecular complexity index is 961. The minimum Gasteiger partial charge on any atom is -0.497 e. The minimum atomic E-state index is 0.477. The van der Waals surface area contributed by atoms with Crippen molar-refractivity contribution in [2.75, 3.05) is 7.11 Å². The fraction of sp³-hybridized carbons (Fsp3) is 0.125. The molecule has 0 saturated heterocycles. The third-order valence-electron chi connectivity index (χ3n) is 3.96. The number of nitrogens with zero attached hydrogens (tertiary/aromatic N) is 1. The second-order valence-electron chi connectivity index (χ2n) is 6.27. The van der Waals surface area contributed by atoms with E-state index in [-0.39, 0.29) is 0 Å². The van der Waals surface area contributed by atoms with Crippen molar-refractivity contribution >= 4 is 11.6 Å². The summed E-state index contributed by atoms with van der Waals surface area (Å²) in [6.45, 7) is 3.93. The molecule has 0 unspecified atom stereocenters. The molecule has 0 amide bonds. The maximum atomic E-state index is 6.07. The van der Waals surface area contributed by atoms with Crippen LogP contribution in [0, 0.1) is 6.92 Å². The monoisotopic (exact) mass is 373 g/mol. The summed E-state index contributed by atoms with van der Waals surface area (Å²) >= 11 is 0. The Balaban J connectivity index is 1.85. The van der Waals surface area contributed by atoms with Crippen LogP contribution in [0.1, 0.15) is 12.5 Å². The van der Waals surface area contributed by atoms with Gasteiger partial charge in [-0.1, -0.05) is 30.3 Å². The lowest BCUT2D eigenvalue weighted by Crippen LogP contribution is -2.11. The van der Waals surface area contributed by atoms with Gasteiger partial charge < -0.3 is 14.2 Å². The number of benzene rings is 3. The average molecular weight is 373 g/mol. The maximum absolute atomic E-state index is 6.07. The van der Waals surface area contributed by atoms with Crippen LogP contribution in [-0.4, -0.2) is 13.0 Å². The van der Waals surface area contributed by atoms with E-state index >= 15 is 0 Å². The van der Waals surface area contributed by atoms with Crippen LogP contribution in [0.15, 0.2) is 95.7 Å². The number of hydrogen-bond donors (Lipinski definition) is 0. The molecule has 0 N–H and O–H groups in total. The predicted molar refractivity (Wildman–Crippen MR) is 113 cm³/mol. The lowest BCUT2D eigenvalue weighted by Gasteiger charge is -2.11. The third-order valence-corrected chi connectivity index (χ3v) is 3.96. The predicted octanol–water partition coefficient (Wildman–Crippen LogP) is 6.10. The van der Waals surface area contributed by atoms with Gasteiger partial charge >= 0.3 is 0 Å². The second kappa shape index (κ2) is 9.42. The highest BCUT2D eigenvalue weighted by atomic mass is 16.5. The van der Waals surface area contributed by atoms with Crippen LogP contribution >= 0.6 is 0 Å². The maximum Gasteiger partial charge on any atom is 0.225 e. The first kappa shape index (κ1) is 19.2. The Morgan fingerprint density at radius 2 is 1.54 bits per heavy atom. The van der Waals surface area contributed by atoms with Gasteiger partial charge in [0, 0.05) is 5.57 Å². The average Bonchev–Trinajstić information content (AvgIpc) is 2.73. The molecule has 3 aromatic carbocycles. The molecule has 0 aromatic heterocycles. The third kappa shape index (κ3) is 5.48. The van der Waals surface area contributed by atoms with Crippen molar-refractivity contribution in [3.05, 3.63) is 96.3 Å². The van der Waals surface area contributed by atoms with E-state index in [1.807, 2.05) is 92.7 Å². The van der Waals surface area contributed by atoms with E-state index in [4.69, 9.17) is 14.2 Å². The number of para-hydroxylation sites is 1. The lowest BCUT2D eigenvalue weighted by molar-refractivity contribution is 0.412. The standard InChI is InChI=1S/C24H23NO3/c1-18-8-7-11-23(16-18)28-24(25-20-9-5-4-6-10-20)19(2)17-27-22-14-12-21(26-3)13-15-22/h4-17H,1-3H3. The highest BCUT2D eigenvalue weighted by molar-refractivity contribution is 5.96. The Kier molecular flexibility index (Phi) is 6.47. The van der Waals surface area contributed by atoms with Gasteiger partial charge in [0.1, 0.15) is 17.2 Å². The number of aryl methyl sites for hydroxylation is 1. The zero-order valence-electron chi connectivity index (χ0n) is 16.3. The Morgan fingerprint density at radius 1 is 0.821 bits per heavy atom.